The zero-order valence-corrected chi connectivity index (χ0v) is 14.3. The van der Waals surface area contributed by atoms with Crippen LogP contribution in [0.1, 0.15) is 15.9 Å². The van der Waals surface area contributed by atoms with Crippen molar-refractivity contribution in [3.8, 4) is 17.1 Å². The van der Waals surface area contributed by atoms with Crippen LogP contribution < -0.4 is 10.1 Å². The van der Waals surface area contributed by atoms with E-state index in [0.29, 0.717) is 28.7 Å². The number of carbonyl (C=O) groups excluding carboxylic acids is 1. The smallest absolute Gasteiger partial charge is 0.251 e. The Morgan fingerprint density at radius 1 is 1.08 bits per heavy atom. The predicted octanol–water partition coefficient (Wildman–Crippen LogP) is 3.74. The second-order valence-corrected chi connectivity index (χ2v) is 5.79. The molecular weight excluding hydrogens is 338 g/mol. The van der Waals surface area contributed by atoms with Gasteiger partial charge in [-0.3, -0.25) is 4.79 Å². The second kappa shape index (κ2) is 7.77. The highest BCUT2D eigenvalue weighted by atomic mass is 35.5. The number of amides is 1. The van der Waals surface area contributed by atoms with E-state index in [1.54, 1.807) is 30.3 Å². The lowest BCUT2D eigenvalue weighted by Gasteiger charge is -2.07. The first-order valence-electron chi connectivity index (χ1n) is 7.66. The summed E-state index contributed by atoms with van der Waals surface area (Å²) < 4.78 is 5.00. The highest BCUT2D eigenvalue weighted by Gasteiger charge is 2.08. The van der Waals surface area contributed by atoms with E-state index < -0.39 is 0 Å². The SMILES string of the molecule is COc1ccc(-c2cccc(C(=O)NCc3cccc(Cl)c3)c2)nn1. The van der Waals surface area contributed by atoms with Gasteiger partial charge in [-0.15, -0.1) is 10.2 Å². The van der Waals surface area contributed by atoms with Gasteiger partial charge in [-0.1, -0.05) is 35.9 Å². The molecule has 0 aliphatic carbocycles. The molecule has 0 bridgehead atoms. The number of methoxy groups -OCH3 is 1. The fraction of sp³-hybridized carbons (Fsp3) is 0.105. The molecule has 0 aliphatic rings. The summed E-state index contributed by atoms with van der Waals surface area (Å²) in [6.07, 6.45) is 0. The molecule has 0 unspecified atom stereocenters. The molecule has 0 saturated heterocycles. The number of aromatic nitrogens is 2. The van der Waals surface area contributed by atoms with Gasteiger partial charge in [0, 0.05) is 28.8 Å². The number of carbonyl (C=O) groups is 1. The number of hydrogen-bond donors (Lipinski definition) is 1. The Morgan fingerprint density at radius 2 is 1.92 bits per heavy atom. The lowest BCUT2D eigenvalue weighted by atomic mass is 10.1. The Balaban J connectivity index is 1.72. The molecule has 0 aliphatic heterocycles. The van der Waals surface area contributed by atoms with Gasteiger partial charge in [-0.25, -0.2) is 0 Å². The Morgan fingerprint density at radius 3 is 2.64 bits per heavy atom. The van der Waals surface area contributed by atoms with E-state index in [9.17, 15) is 4.79 Å². The molecule has 0 saturated carbocycles. The molecule has 0 fully saturated rings. The average Bonchev–Trinajstić information content (AvgIpc) is 2.66. The Labute approximate surface area is 150 Å². The van der Waals surface area contributed by atoms with Gasteiger partial charge < -0.3 is 10.1 Å². The van der Waals surface area contributed by atoms with Crippen LogP contribution in [0.2, 0.25) is 5.02 Å². The fourth-order valence-corrected chi connectivity index (χ4v) is 2.55. The Bertz CT molecular complexity index is 882. The maximum Gasteiger partial charge on any atom is 0.251 e. The van der Waals surface area contributed by atoms with Crippen LogP contribution in [-0.4, -0.2) is 23.2 Å². The van der Waals surface area contributed by atoms with Gasteiger partial charge in [-0.2, -0.15) is 0 Å². The first-order valence-corrected chi connectivity index (χ1v) is 8.04. The molecule has 1 amide bonds. The van der Waals surface area contributed by atoms with Gasteiger partial charge in [0.2, 0.25) is 5.88 Å². The number of nitrogens with one attached hydrogen (secondary N) is 1. The molecule has 1 N–H and O–H groups in total. The minimum atomic E-state index is -0.164. The van der Waals surface area contributed by atoms with Gasteiger partial charge in [0.25, 0.3) is 5.91 Å². The molecular formula is C19H16ClN3O2. The standard InChI is InChI=1S/C19H16ClN3O2/c1-25-18-9-8-17(22-23-18)14-5-3-6-15(11-14)19(24)21-12-13-4-2-7-16(20)10-13/h2-11H,12H2,1H3,(H,21,24). The van der Waals surface area contributed by atoms with E-state index in [1.807, 2.05) is 30.3 Å². The van der Waals surface area contributed by atoms with Crippen molar-refractivity contribution in [2.75, 3.05) is 7.11 Å². The van der Waals surface area contributed by atoms with E-state index in [2.05, 4.69) is 15.5 Å². The van der Waals surface area contributed by atoms with Crippen molar-refractivity contribution in [2.24, 2.45) is 0 Å². The number of ether oxygens (including phenoxy) is 1. The number of rotatable bonds is 5. The molecule has 3 aromatic rings. The third-order valence-electron chi connectivity index (χ3n) is 3.61. The quantitative estimate of drug-likeness (QED) is 0.759. The van der Waals surface area contributed by atoms with Crippen LogP contribution in [0.25, 0.3) is 11.3 Å². The van der Waals surface area contributed by atoms with Crippen LogP contribution in [0.5, 0.6) is 5.88 Å². The van der Waals surface area contributed by atoms with Crippen molar-refractivity contribution in [3.63, 3.8) is 0 Å². The number of nitrogens with zero attached hydrogens (tertiary/aromatic N) is 2. The molecule has 2 aromatic carbocycles. The van der Waals surface area contributed by atoms with Crippen molar-refractivity contribution < 1.29 is 9.53 Å². The summed E-state index contributed by atoms with van der Waals surface area (Å²) in [6.45, 7) is 0.409. The van der Waals surface area contributed by atoms with Crippen molar-refractivity contribution in [2.45, 2.75) is 6.54 Å². The first kappa shape index (κ1) is 16.9. The molecule has 6 heteroatoms. The molecule has 0 radical (unpaired) electrons. The van der Waals surface area contributed by atoms with Crippen molar-refractivity contribution >= 4 is 17.5 Å². The summed E-state index contributed by atoms with van der Waals surface area (Å²) in [6, 6.07) is 18.2. The van der Waals surface area contributed by atoms with Crippen LogP contribution in [0.3, 0.4) is 0 Å². The Hall–Kier alpha value is -2.92. The maximum absolute atomic E-state index is 12.4. The summed E-state index contributed by atoms with van der Waals surface area (Å²) in [5.41, 5.74) is 2.98. The van der Waals surface area contributed by atoms with Crippen LogP contribution in [0.15, 0.2) is 60.7 Å². The molecule has 25 heavy (non-hydrogen) atoms. The molecule has 1 aromatic heterocycles. The molecule has 3 rings (SSSR count). The summed E-state index contributed by atoms with van der Waals surface area (Å²) in [5.74, 6) is 0.280. The van der Waals surface area contributed by atoms with Crippen molar-refractivity contribution in [1.29, 1.82) is 0 Å². The Kier molecular flexibility index (Phi) is 5.26. The molecule has 126 valence electrons. The van der Waals surface area contributed by atoms with Gasteiger partial charge in [0.05, 0.1) is 12.8 Å². The van der Waals surface area contributed by atoms with Crippen LogP contribution >= 0.6 is 11.6 Å². The molecule has 1 heterocycles. The second-order valence-electron chi connectivity index (χ2n) is 5.35. The minimum Gasteiger partial charge on any atom is -0.480 e. The fourth-order valence-electron chi connectivity index (χ4n) is 2.33. The van der Waals surface area contributed by atoms with Crippen molar-refractivity contribution in [1.82, 2.24) is 15.5 Å². The predicted molar refractivity (Wildman–Crippen MR) is 96.6 cm³/mol. The number of halogens is 1. The topological polar surface area (TPSA) is 64.1 Å². The lowest BCUT2D eigenvalue weighted by Crippen LogP contribution is -2.22. The summed E-state index contributed by atoms with van der Waals surface area (Å²) >= 11 is 5.95. The molecule has 5 nitrogen and oxygen atoms in total. The van der Waals surface area contributed by atoms with Gasteiger partial charge >= 0.3 is 0 Å². The van der Waals surface area contributed by atoms with E-state index in [4.69, 9.17) is 16.3 Å². The van der Waals surface area contributed by atoms with Gasteiger partial charge in [0.1, 0.15) is 0 Å². The molecule has 0 spiro atoms. The lowest BCUT2D eigenvalue weighted by molar-refractivity contribution is 0.0951. The zero-order valence-electron chi connectivity index (χ0n) is 13.6. The monoisotopic (exact) mass is 353 g/mol. The van der Waals surface area contributed by atoms with Gasteiger partial charge in [-0.05, 0) is 35.9 Å². The summed E-state index contributed by atoms with van der Waals surface area (Å²) in [5, 5.41) is 11.6. The van der Waals surface area contributed by atoms with Crippen LogP contribution in [-0.2, 0) is 6.54 Å². The highest BCUT2D eigenvalue weighted by Crippen LogP contribution is 2.19. The zero-order chi connectivity index (χ0) is 17.6. The highest BCUT2D eigenvalue weighted by molar-refractivity contribution is 6.30. The maximum atomic E-state index is 12.4. The number of benzene rings is 2. The first-order chi connectivity index (χ1) is 12.2. The van der Waals surface area contributed by atoms with Crippen molar-refractivity contribution in [3.05, 3.63) is 76.8 Å². The normalized spacial score (nSPS) is 10.3. The number of hydrogen-bond acceptors (Lipinski definition) is 4. The van der Waals surface area contributed by atoms with E-state index in [0.717, 1.165) is 11.1 Å². The third-order valence-corrected chi connectivity index (χ3v) is 3.85. The van der Waals surface area contributed by atoms with E-state index >= 15 is 0 Å². The van der Waals surface area contributed by atoms with Crippen LogP contribution in [0, 0.1) is 0 Å². The summed E-state index contributed by atoms with van der Waals surface area (Å²) in [4.78, 5) is 12.4. The largest absolute Gasteiger partial charge is 0.480 e. The van der Waals surface area contributed by atoms with E-state index in [-0.39, 0.29) is 5.91 Å². The van der Waals surface area contributed by atoms with Crippen LogP contribution in [0.4, 0.5) is 0 Å². The minimum absolute atomic E-state index is 0.164. The van der Waals surface area contributed by atoms with E-state index in [1.165, 1.54) is 7.11 Å². The average molecular weight is 354 g/mol. The summed E-state index contributed by atoms with van der Waals surface area (Å²) in [7, 11) is 1.54. The molecule has 0 atom stereocenters. The third kappa shape index (κ3) is 4.33. The van der Waals surface area contributed by atoms with Gasteiger partial charge in [0.15, 0.2) is 0 Å².